The van der Waals surface area contributed by atoms with Gasteiger partial charge < -0.3 is 19.0 Å². The summed E-state index contributed by atoms with van der Waals surface area (Å²) in [6, 6.07) is 19.4. The van der Waals surface area contributed by atoms with Gasteiger partial charge in [0.05, 0.1) is 25.2 Å². The predicted molar refractivity (Wildman–Crippen MR) is 118 cm³/mol. The average Bonchev–Trinajstić information content (AvgIpc) is 2.77. The van der Waals surface area contributed by atoms with Crippen LogP contribution in [0.2, 0.25) is 0 Å². The maximum atomic E-state index is 13.3. The summed E-state index contributed by atoms with van der Waals surface area (Å²) in [7, 11) is 3.15. The summed E-state index contributed by atoms with van der Waals surface area (Å²) < 4.78 is 16.9. The predicted octanol–water partition coefficient (Wildman–Crippen LogP) is 5.35. The molecule has 0 spiro atoms. The fourth-order valence-corrected chi connectivity index (χ4v) is 3.40. The van der Waals surface area contributed by atoms with E-state index < -0.39 is 0 Å². The smallest absolute Gasteiger partial charge is 0.201 e. The third-order valence-electron chi connectivity index (χ3n) is 4.81. The zero-order chi connectivity index (χ0) is 21.1. The molecule has 1 N–H and O–H groups in total. The van der Waals surface area contributed by atoms with E-state index in [-0.39, 0.29) is 11.2 Å². The van der Waals surface area contributed by atoms with Gasteiger partial charge in [0, 0.05) is 11.6 Å². The number of benzene rings is 3. The second-order valence-corrected chi connectivity index (χ2v) is 6.63. The lowest BCUT2D eigenvalue weighted by molar-refractivity contribution is 0.354. The summed E-state index contributed by atoms with van der Waals surface area (Å²) in [6.07, 6.45) is 3.53. The zero-order valence-corrected chi connectivity index (χ0v) is 16.6. The molecule has 4 rings (SSSR count). The highest BCUT2D eigenvalue weighted by Gasteiger charge is 2.15. The molecule has 0 bridgehead atoms. The fourth-order valence-electron chi connectivity index (χ4n) is 3.40. The van der Waals surface area contributed by atoms with E-state index in [1.807, 2.05) is 48.5 Å². The number of rotatable bonds is 5. The lowest BCUT2D eigenvalue weighted by Crippen LogP contribution is -2.07. The Morgan fingerprint density at radius 1 is 0.900 bits per heavy atom. The normalized spacial score (nSPS) is 11.1. The minimum atomic E-state index is -0.167. The lowest BCUT2D eigenvalue weighted by Gasteiger charge is -2.10. The van der Waals surface area contributed by atoms with Crippen LogP contribution in [0.4, 0.5) is 0 Å². The second kappa shape index (κ2) is 8.17. The largest absolute Gasteiger partial charge is 0.508 e. The number of ether oxygens (including phenoxy) is 2. The molecule has 1 aromatic heterocycles. The molecule has 3 aromatic carbocycles. The van der Waals surface area contributed by atoms with Crippen LogP contribution in [0.3, 0.4) is 0 Å². The quantitative estimate of drug-likeness (QED) is 0.489. The Labute approximate surface area is 173 Å². The molecule has 0 amide bonds. The first kappa shape index (κ1) is 19.3. The van der Waals surface area contributed by atoms with Crippen molar-refractivity contribution in [3.63, 3.8) is 0 Å². The van der Waals surface area contributed by atoms with E-state index >= 15 is 0 Å². The number of hydrogen-bond acceptors (Lipinski definition) is 5. The molecule has 0 saturated carbocycles. The van der Waals surface area contributed by atoms with Gasteiger partial charge in [0.15, 0.2) is 11.5 Å². The molecular formula is C25H20O5. The van der Waals surface area contributed by atoms with Crippen LogP contribution in [0.15, 0.2) is 75.9 Å². The number of para-hydroxylation sites is 1. The molecule has 30 heavy (non-hydrogen) atoms. The van der Waals surface area contributed by atoms with Gasteiger partial charge in [-0.3, -0.25) is 4.79 Å². The number of hydrogen-bond donors (Lipinski definition) is 1. The minimum Gasteiger partial charge on any atom is -0.508 e. The molecule has 0 fully saturated rings. The number of fused-ring (bicyclic) bond motifs is 1. The van der Waals surface area contributed by atoms with Gasteiger partial charge in [-0.15, -0.1) is 0 Å². The van der Waals surface area contributed by atoms with Crippen molar-refractivity contribution in [2.24, 2.45) is 0 Å². The molecular weight excluding hydrogens is 380 g/mol. The maximum absolute atomic E-state index is 13.3. The highest BCUT2D eigenvalue weighted by molar-refractivity contribution is 5.88. The van der Waals surface area contributed by atoms with Crippen molar-refractivity contribution in [3.8, 4) is 28.4 Å². The van der Waals surface area contributed by atoms with Crippen molar-refractivity contribution >= 4 is 23.1 Å². The Kier molecular flexibility index (Phi) is 5.26. The molecule has 4 aromatic rings. The first-order valence-corrected chi connectivity index (χ1v) is 9.36. The minimum absolute atomic E-state index is 0.0301. The second-order valence-electron chi connectivity index (χ2n) is 6.63. The third-order valence-corrected chi connectivity index (χ3v) is 4.81. The van der Waals surface area contributed by atoms with E-state index in [0.717, 1.165) is 11.1 Å². The van der Waals surface area contributed by atoms with Crippen molar-refractivity contribution < 1.29 is 19.0 Å². The Morgan fingerprint density at radius 3 is 2.43 bits per heavy atom. The summed E-state index contributed by atoms with van der Waals surface area (Å²) in [5.41, 5.74) is 2.12. The van der Waals surface area contributed by atoms with Gasteiger partial charge in [-0.25, -0.2) is 0 Å². The molecule has 5 nitrogen and oxygen atoms in total. The maximum Gasteiger partial charge on any atom is 0.201 e. The van der Waals surface area contributed by atoms with Crippen molar-refractivity contribution in [2.75, 3.05) is 14.2 Å². The van der Waals surface area contributed by atoms with Crippen molar-refractivity contribution in [1.82, 2.24) is 0 Å². The van der Waals surface area contributed by atoms with Gasteiger partial charge in [0.1, 0.15) is 17.1 Å². The van der Waals surface area contributed by atoms with Crippen LogP contribution in [0, 0.1) is 0 Å². The van der Waals surface area contributed by atoms with E-state index in [2.05, 4.69) is 0 Å². The van der Waals surface area contributed by atoms with Crippen LogP contribution in [0.1, 0.15) is 11.3 Å². The molecule has 0 saturated heterocycles. The molecule has 0 unspecified atom stereocenters. The van der Waals surface area contributed by atoms with Crippen LogP contribution in [0.5, 0.6) is 17.2 Å². The van der Waals surface area contributed by atoms with E-state index in [4.69, 9.17) is 13.9 Å². The van der Waals surface area contributed by atoms with Gasteiger partial charge in [-0.2, -0.15) is 0 Å². The summed E-state index contributed by atoms with van der Waals surface area (Å²) in [5, 5.41) is 10.2. The van der Waals surface area contributed by atoms with Crippen molar-refractivity contribution in [2.45, 2.75) is 0 Å². The molecule has 0 aliphatic heterocycles. The SMILES string of the molecule is COc1cccc(/C=C/c2oc3cc(O)ccc3c(=O)c2-c2ccccc2)c1OC. The fraction of sp³-hybridized carbons (Fsp3) is 0.0800. The van der Waals surface area contributed by atoms with Crippen LogP contribution < -0.4 is 14.9 Å². The average molecular weight is 400 g/mol. The van der Waals surface area contributed by atoms with Gasteiger partial charge in [-0.05, 0) is 35.9 Å². The number of aromatic hydroxyl groups is 1. The Hall–Kier alpha value is -3.99. The van der Waals surface area contributed by atoms with Crippen molar-refractivity contribution in [1.29, 1.82) is 0 Å². The molecule has 5 heteroatoms. The van der Waals surface area contributed by atoms with Crippen LogP contribution >= 0.6 is 0 Å². The van der Waals surface area contributed by atoms with Gasteiger partial charge in [-0.1, -0.05) is 42.5 Å². The summed E-state index contributed by atoms with van der Waals surface area (Å²) in [4.78, 5) is 13.3. The molecule has 0 radical (unpaired) electrons. The number of methoxy groups -OCH3 is 2. The Bertz CT molecular complexity index is 1290. The van der Waals surface area contributed by atoms with E-state index in [9.17, 15) is 9.90 Å². The zero-order valence-electron chi connectivity index (χ0n) is 16.6. The number of phenols is 1. The van der Waals surface area contributed by atoms with E-state index in [0.29, 0.717) is 33.8 Å². The summed E-state index contributed by atoms with van der Waals surface area (Å²) >= 11 is 0. The van der Waals surface area contributed by atoms with Crippen LogP contribution in [-0.2, 0) is 0 Å². The van der Waals surface area contributed by atoms with Crippen LogP contribution in [-0.4, -0.2) is 19.3 Å². The monoisotopic (exact) mass is 400 g/mol. The number of phenolic OH excluding ortho intramolecular Hbond substituents is 1. The van der Waals surface area contributed by atoms with E-state index in [1.165, 1.54) is 12.1 Å². The first-order valence-electron chi connectivity index (χ1n) is 9.36. The molecule has 0 aliphatic rings. The van der Waals surface area contributed by atoms with Crippen LogP contribution in [0.25, 0.3) is 34.2 Å². The highest BCUT2D eigenvalue weighted by Crippen LogP contribution is 2.33. The molecule has 150 valence electrons. The molecule has 0 atom stereocenters. The van der Waals surface area contributed by atoms with Crippen molar-refractivity contribution in [3.05, 3.63) is 88.3 Å². The van der Waals surface area contributed by atoms with Gasteiger partial charge in [0.2, 0.25) is 5.43 Å². The van der Waals surface area contributed by atoms with Gasteiger partial charge >= 0.3 is 0 Å². The standard InChI is InChI=1S/C25H20O5/c1-28-21-10-6-9-17(25(21)29-2)11-14-20-23(16-7-4-3-5-8-16)24(27)19-13-12-18(26)15-22(19)30-20/h3-15,26H,1-2H3/b14-11+. The highest BCUT2D eigenvalue weighted by atomic mass is 16.5. The summed E-state index contributed by atoms with van der Waals surface area (Å²) in [5.74, 6) is 1.60. The van der Waals surface area contributed by atoms with Gasteiger partial charge in [0.25, 0.3) is 0 Å². The van der Waals surface area contributed by atoms with E-state index in [1.54, 1.807) is 32.4 Å². The topological polar surface area (TPSA) is 68.9 Å². The Morgan fingerprint density at radius 2 is 1.70 bits per heavy atom. The third kappa shape index (κ3) is 3.53. The first-order chi connectivity index (χ1) is 14.6. The molecule has 1 heterocycles. The molecule has 0 aliphatic carbocycles. The lowest BCUT2D eigenvalue weighted by atomic mass is 10.0. The summed E-state index contributed by atoms with van der Waals surface area (Å²) in [6.45, 7) is 0. The Balaban J connectivity index is 1.94.